The van der Waals surface area contributed by atoms with Crippen LogP contribution in [0.15, 0.2) is 94.3 Å². The number of rotatable bonds is 6. The van der Waals surface area contributed by atoms with Gasteiger partial charge in [-0.15, -0.1) is 0 Å². The van der Waals surface area contributed by atoms with Crippen LogP contribution in [0, 0.1) is 6.92 Å². The first-order valence-electron chi connectivity index (χ1n) is 10.0. The van der Waals surface area contributed by atoms with Crippen molar-refractivity contribution in [1.29, 1.82) is 0 Å². The molecule has 0 atom stereocenters. The largest absolute Gasteiger partial charge is 0.454 e. The molecule has 160 valence electrons. The number of pyridine rings is 1. The molecule has 2 heterocycles. The number of nitrogens with zero attached hydrogens (tertiary/aromatic N) is 1. The quantitative estimate of drug-likeness (QED) is 0.480. The van der Waals surface area contributed by atoms with Gasteiger partial charge in [0.25, 0.3) is 17.4 Å². The van der Waals surface area contributed by atoms with Crippen LogP contribution in [0.1, 0.15) is 32.2 Å². The molecule has 0 spiro atoms. The van der Waals surface area contributed by atoms with Gasteiger partial charge >= 0.3 is 0 Å². The average molecular weight is 427 g/mol. The Hall–Kier alpha value is -4.39. The first kappa shape index (κ1) is 20.9. The Morgan fingerprint density at radius 1 is 0.875 bits per heavy atom. The summed E-state index contributed by atoms with van der Waals surface area (Å²) in [7, 11) is 0. The fourth-order valence-corrected chi connectivity index (χ4v) is 3.24. The summed E-state index contributed by atoms with van der Waals surface area (Å²) in [4.78, 5) is 37.4. The van der Waals surface area contributed by atoms with E-state index in [0.29, 0.717) is 22.7 Å². The van der Waals surface area contributed by atoms with Gasteiger partial charge in [0.05, 0.1) is 17.8 Å². The Morgan fingerprint density at radius 2 is 1.69 bits per heavy atom. The van der Waals surface area contributed by atoms with Gasteiger partial charge < -0.3 is 19.6 Å². The summed E-state index contributed by atoms with van der Waals surface area (Å²) in [5, 5.41) is 5.57. The molecule has 0 saturated heterocycles. The Bertz CT molecular complexity index is 1340. The number of furan rings is 1. The summed E-state index contributed by atoms with van der Waals surface area (Å²) in [5.41, 5.74) is 2.21. The third kappa shape index (κ3) is 4.84. The molecule has 0 aliphatic carbocycles. The number of carbonyl (C=O) groups is 2. The number of amides is 2. The Kier molecular flexibility index (Phi) is 5.98. The van der Waals surface area contributed by atoms with Crippen molar-refractivity contribution in [2.45, 2.75) is 13.5 Å². The zero-order valence-electron chi connectivity index (χ0n) is 17.4. The van der Waals surface area contributed by atoms with Crippen LogP contribution in [0.4, 0.5) is 11.4 Å². The van der Waals surface area contributed by atoms with E-state index >= 15 is 0 Å². The van der Waals surface area contributed by atoms with E-state index in [1.54, 1.807) is 54.7 Å². The lowest BCUT2D eigenvalue weighted by Crippen LogP contribution is -2.18. The Labute approximate surface area is 184 Å². The van der Waals surface area contributed by atoms with Crippen molar-refractivity contribution >= 4 is 23.2 Å². The minimum atomic E-state index is -0.493. The van der Waals surface area contributed by atoms with Crippen LogP contribution in [0.2, 0.25) is 0 Å². The van der Waals surface area contributed by atoms with Crippen molar-refractivity contribution in [3.63, 3.8) is 0 Å². The number of hydrogen-bond acceptors (Lipinski definition) is 4. The van der Waals surface area contributed by atoms with Gasteiger partial charge in [-0.25, -0.2) is 0 Å². The smallest absolute Gasteiger partial charge is 0.291 e. The molecule has 0 unspecified atom stereocenters. The van der Waals surface area contributed by atoms with Crippen LogP contribution in [-0.4, -0.2) is 16.4 Å². The second-order valence-corrected chi connectivity index (χ2v) is 7.26. The third-order valence-corrected chi connectivity index (χ3v) is 4.81. The molecule has 0 saturated carbocycles. The van der Waals surface area contributed by atoms with Crippen LogP contribution in [0.5, 0.6) is 0 Å². The molecule has 2 amide bonds. The predicted octanol–water partition coefficient (Wildman–Crippen LogP) is 4.30. The number of anilines is 2. The fourth-order valence-electron chi connectivity index (χ4n) is 3.24. The molecule has 32 heavy (non-hydrogen) atoms. The van der Waals surface area contributed by atoms with E-state index in [-0.39, 0.29) is 23.8 Å². The van der Waals surface area contributed by atoms with E-state index in [0.717, 1.165) is 5.56 Å². The van der Waals surface area contributed by atoms with E-state index in [1.165, 1.54) is 16.7 Å². The molecule has 2 N–H and O–H groups in total. The second-order valence-electron chi connectivity index (χ2n) is 7.26. The van der Waals surface area contributed by atoms with Crippen molar-refractivity contribution in [3.05, 3.63) is 118 Å². The van der Waals surface area contributed by atoms with Crippen molar-refractivity contribution in [2.24, 2.45) is 0 Å². The summed E-state index contributed by atoms with van der Waals surface area (Å²) in [6.45, 7) is 2.15. The predicted molar refractivity (Wildman–Crippen MR) is 122 cm³/mol. The molecular formula is C25H21N3O4. The maximum Gasteiger partial charge on any atom is 0.291 e. The van der Waals surface area contributed by atoms with Gasteiger partial charge in [-0.2, -0.15) is 0 Å². The van der Waals surface area contributed by atoms with E-state index in [9.17, 15) is 14.4 Å². The van der Waals surface area contributed by atoms with Crippen LogP contribution >= 0.6 is 0 Å². The third-order valence-electron chi connectivity index (χ3n) is 4.81. The van der Waals surface area contributed by atoms with Gasteiger partial charge in [0.15, 0.2) is 5.76 Å². The van der Waals surface area contributed by atoms with Crippen molar-refractivity contribution in [3.8, 4) is 0 Å². The lowest BCUT2D eigenvalue weighted by atomic mass is 10.1. The molecule has 7 heteroatoms. The van der Waals surface area contributed by atoms with Gasteiger partial charge in [-0.3, -0.25) is 14.4 Å². The molecule has 2 aromatic heterocycles. The summed E-state index contributed by atoms with van der Waals surface area (Å²) in [6, 6.07) is 22.2. The molecule has 4 rings (SSSR count). The maximum atomic E-state index is 12.8. The summed E-state index contributed by atoms with van der Waals surface area (Å²) < 4.78 is 7.09. The summed E-state index contributed by atoms with van der Waals surface area (Å²) in [6.07, 6.45) is 1.65. The van der Waals surface area contributed by atoms with Gasteiger partial charge in [0, 0.05) is 18.0 Å². The summed E-state index contributed by atoms with van der Waals surface area (Å²) >= 11 is 0. The fraction of sp³-hybridized carbons (Fsp3) is 0.0800. The molecule has 4 aromatic rings. The standard InChI is InChI=1S/C25H21N3O4/c1-17-7-6-8-18(15-17)26-24(30)20-9-2-3-10-21(20)27-25(31)22-13-12-19(32-22)16-28-14-5-4-11-23(28)29/h2-15H,16H2,1H3,(H,26,30)(H,27,31). The highest BCUT2D eigenvalue weighted by Crippen LogP contribution is 2.20. The molecular weight excluding hydrogens is 406 g/mol. The number of nitrogens with one attached hydrogen (secondary N) is 2. The lowest BCUT2D eigenvalue weighted by Gasteiger charge is -2.11. The molecule has 0 aliphatic heterocycles. The van der Waals surface area contributed by atoms with E-state index < -0.39 is 5.91 Å². The molecule has 7 nitrogen and oxygen atoms in total. The van der Waals surface area contributed by atoms with Crippen LogP contribution < -0.4 is 16.2 Å². The number of para-hydroxylation sites is 1. The van der Waals surface area contributed by atoms with Gasteiger partial charge in [0.1, 0.15) is 5.76 Å². The molecule has 0 radical (unpaired) electrons. The van der Waals surface area contributed by atoms with Gasteiger partial charge in [0.2, 0.25) is 0 Å². The summed E-state index contributed by atoms with van der Waals surface area (Å²) in [5.74, 6) is -0.283. The van der Waals surface area contributed by atoms with E-state index in [2.05, 4.69) is 10.6 Å². The first-order valence-corrected chi connectivity index (χ1v) is 10.0. The number of carbonyl (C=O) groups excluding carboxylic acids is 2. The first-order chi connectivity index (χ1) is 15.5. The molecule has 0 bridgehead atoms. The molecule has 2 aromatic carbocycles. The van der Waals surface area contributed by atoms with Crippen molar-refractivity contribution in [2.75, 3.05) is 10.6 Å². The van der Waals surface area contributed by atoms with Crippen molar-refractivity contribution < 1.29 is 14.0 Å². The molecule has 0 aliphatic rings. The van der Waals surface area contributed by atoms with Gasteiger partial charge in [-0.1, -0.05) is 30.3 Å². The van der Waals surface area contributed by atoms with Crippen molar-refractivity contribution in [1.82, 2.24) is 4.57 Å². The minimum absolute atomic E-state index is 0.0814. The van der Waals surface area contributed by atoms with Gasteiger partial charge in [-0.05, 0) is 55.0 Å². The molecule has 0 fully saturated rings. The van der Waals surface area contributed by atoms with Crippen LogP contribution in [0.25, 0.3) is 0 Å². The van der Waals surface area contributed by atoms with E-state index in [4.69, 9.17) is 4.42 Å². The Morgan fingerprint density at radius 3 is 2.50 bits per heavy atom. The topological polar surface area (TPSA) is 93.3 Å². The minimum Gasteiger partial charge on any atom is -0.454 e. The zero-order valence-corrected chi connectivity index (χ0v) is 17.4. The second kappa shape index (κ2) is 9.18. The highest BCUT2D eigenvalue weighted by atomic mass is 16.4. The number of aryl methyl sites for hydroxylation is 1. The number of hydrogen-bond donors (Lipinski definition) is 2. The number of benzene rings is 2. The zero-order chi connectivity index (χ0) is 22.5. The monoisotopic (exact) mass is 427 g/mol. The lowest BCUT2D eigenvalue weighted by molar-refractivity contribution is 0.0994. The highest BCUT2D eigenvalue weighted by Gasteiger charge is 2.17. The van der Waals surface area contributed by atoms with Crippen LogP contribution in [0.3, 0.4) is 0 Å². The number of aromatic nitrogens is 1. The SMILES string of the molecule is Cc1cccc(NC(=O)c2ccccc2NC(=O)c2ccc(Cn3ccccc3=O)o2)c1. The van der Waals surface area contributed by atoms with Crippen LogP contribution in [-0.2, 0) is 6.54 Å². The normalized spacial score (nSPS) is 10.5. The van der Waals surface area contributed by atoms with E-state index in [1.807, 2.05) is 25.1 Å². The highest BCUT2D eigenvalue weighted by molar-refractivity contribution is 6.12. The maximum absolute atomic E-state index is 12.8. The Balaban J connectivity index is 1.48. The average Bonchev–Trinajstić information content (AvgIpc) is 3.24.